The smallest absolute Gasteiger partial charge is 0.237 e. The normalized spacial score (nSPS) is 13.4. The van der Waals surface area contributed by atoms with Gasteiger partial charge in [-0.3, -0.25) is 4.79 Å². The van der Waals surface area contributed by atoms with E-state index >= 15 is 0 Å². The van der Waals surface area contributed by atoms with E-state index in [9.17, 15) is 4.79 Å². The maximum atomic E-state index is 12.6. The monoisotopic (exact) mass is 382 g/mol. The number of fused-ring (bicyclic) bond motifs is 1. The molecule has 0 spiro atoms. The second-order valence-corrected chi connectivity index (χ2v) is 7.70. The van der Waals surface area contributed by atoms with Crippen LogP contribution in [0.25, 0.3) is 10.2 Å². The SMILES string of the molecule is NCCC[C@@H](N)C(=O)N[C@H](CCc1ccccc1)c1nc2ccccc2s1. The summed E-state index contributed by atoms with van der Waals surface area (Å²) in [5.74, 6) is -0.138. The minimum atomic E-state index is -0.540. The number of carbonyl (C=O) groups is 1. The van der Waals surface area contributed by atoms with Crippen molar-refractivity contribution in [3.05, 3.63) is 65.2 Å². The Labute approximate surface area is 163 Å². The van der Waals surface area contributed by atoms with Crippen LogP contribution in [-0.2, 0) is 11.2 Å². The first kappa shape index (κ1) is 19.5. The molecule has 5 N–H and O–H groups in total. The van der Waals surface area contributed by atoms with Crippen molar-refractivity contribution in [2.75, 3.05) is 6.54 Å². The van der Waals surface area contributed by atoms with E-state index in [0.717, 1.165) is 34.5 Å². The van der Waals surface area contributed by atoms with Crippen molar-refractivity contribution in [2.24, 2.45) is 11.5 Å². The number of hydrogen-bond donors (Lipinski definition) is 3. The number of thiazole rings is 1. The fourth-order valence-electron chi connectivity index (χ4n) is 3.00. The molecule has 2 atom stereocenters. The van der Waals surface area contributed by atoms with Gasteiger partial charge in [0.25, 0.3) is 0 Å². The summed E-state index contributed by atoms with van der Waals surface area (Å²) >= 11 is 1.63. The quantitative estimate of drug-likeness (QED) is 0.530. The van der Waals surface area contributed by atoms with Crippen molar-refractivity contribution < 1.29 is 4.79 Å². The molecule has 0 bridgehead atoms. The minimum Gasteiger partial charge on any atom is -0.346 e. The lowest BCUT2D eigenvalue weighted by atomic mass is 10.0. The highest BCUT2D eigenvalue weighted by Gasteiger charge is 2.22. The fourth-order valence-corrected chi connectivity index (χ4v) is 4.05. The van der Waals surface area contributed by atoms with Gasteiger partial charge in [-0.2, -0.15) is 0 Å². The van der Waals surface area contributed by atoms with Gasteiger partial charge in [0, 0.05) is 0 Å². The second kappa shape index (κ2) is 9.60. The molecule has 0 unspecified atom stereocenters. The summed E-state index contributed by atoms with van der Waals surface area (Å²) in [6.45, 7) is 0.538. The van der Waals surface area contributed by atoms with Gasteiger partial charge in [-0.15, -0.1) is 11.3 Å². The van der Waals surface area contributed by atoms with E-state index in [4.69, 9.17) is 16.5 Å². The molecule has 27 heavy (non-hydrogen) atoms. The number of carbonyl (C=O) groups excluding carboxylic acids is 1. The zero-order valence-corrected chi connectivity index (χ0v) is 16.1. The van der Waals surface area contributed by atoms with Crippen LogP contribution in [0.15, 0.2) is 54.6 Å². The first-order valence-electron chi connectivity index (χ1n) is 9.33. The van der Waals surface area contributed by atoms with Gasteiger partial charge in [0.2, 0.25) is 5.91 Å². The predicted octanol–water partition coefficient (Wildman–Crippen LogP) is 3.15. The Morgan fingerprint density at radius 2 is 1.81 bits per heavy atom. The molecule has 2 aromatic carbocycles. The lowest BCUT2D eigenvalue weighted by molar-refractivity contribution is -0.123. The summed E-state index contributed by atoms with van der Waals surface area (Å²) < 4.78 is 1.12. The molecule has 0 saturated carbocycles. The van der Waals surface area contributed by atoms with Crippen LogP contribution in [0.5, 0.6) is 0 Å². The number of aryl methyl sites for hydroxylation is 1. The molecule has 142 valence electrons. The lowest BCUT2D eigenvalue weighted by Crippen LogP contribution is -2.42. The highest BCUT2D eigenvalue weighted by atomic mass is 32.1. The van der Waals surface area contributed by atoms with E-state index < -0.39 is 6.04 Å². The molecule has 3 aromatic rings. The van der Waals surface area contributed by atoms with Crippen molar-refractivity contribution >= 4 is 27.5 Å². The molecular weight excluding hydrogens is 356 g/mol. The molecule has 0 aliphatic heterocycles. The number of nitrogens with zero attached hydrogens (tertiary/aromatic N) is 1. The van der Waals surface area contributed by atoms with Gasteiger partial charge in [-0.25, -0.2) is 4.98 Å². The third-order valence-corrected chi connectivity index (χ3v) is 5.70. The lowest BCUT2D eigenvalue weighted by Gasteiger charge is -2.19. The molecule has 6 heteroatoms. The van der Waals surface area contributed by atoms with E-state index in [2.05, 4.69) is 23.5 Å². The number of amides is 1. The third-order valence-electron chi connectivity index (χ3n) is 4.55. The summed E-state index contributed by atoms with van der Waals surface area (Å²) in [7, 11) is 0. The van der Waals surface area contributed by atoms with Crippen LogP contribution in [0, 0.1) is 0 Å². The van der Waals surface area contributed by atoms with Crippen LogP contribution in [0.4, 0.5) is 0 Å². The maximum absolute atomic E-state index is 12.6. The summed E-state index contributed by atoms with van der Waals surface area (Å²) in [5, 5.41) is 4.04. The van der Waals surface area contributed by atoms with E-state index in [1.165, 1.54) is 5.56 Å². The highest BCUT2D eigenvalue weighted by Crippen LogP contribution is 2.29. The molecule has 5 nitrogen and oxygen atoms in total. The average Bonchev–Trinajstić information content (AvgIpc) is 3.14. The number of aromatic nitrogens is 1. The zero-order valence-electron chi connectivity index (χ0n) is 15.3. The van der Waals surface area contributed by atoms with Gasteiger partial charge in [0.15, 0.2) is 0 Å². The third kappa shape index (κ3) is 5.35. The molecule has 0 saturated heterocycles. The molecule has 1 heterocycles. The Hall–Kier alpha value is -2.28. The van der Waals surface area contributed by atoms with Gasteiger partial charge in [-0.05, 0) is 49.9 Å². The van der Waals surface area contributed by atoms with Crippen molar-refractivity contribution in [3.63, 3.8) is 0 Å². The molecule has 1 aromatic heterocycles. The zero-order chi connectivity index (χ0) is 19.1. The summed E-state index contributed by atoms with van der Waals surface area (Å²) in [5.41, 5.74) is 13.8. The van der Waals surface area contributed by atoms with E-state index in [-0.39, 0.29) is 11.9 Å². The van der Waals surface area contributed by atoms with Crippen LogP contribution in [0.1, 0.15) is 35.9 Å². The molecule has 0 aliphatic rings. The van der Waals surface area contributed by atoms with Gasteiger partial charge < -0.3 is 16.8 Å². The summed E-state index contributed by atoms with van der Waals surface area (Å²) in [6.07, 6.45) is 2.97. The van der Waals surface area contributed by atoms with Crippen molar-refractivity contribution in [3.8, 4) is 0 Å². The number of nitrogens with two attached hydrogens (primary N) is 2. The van der Waals surface area contributed by atoms with Crippen molar-refractivity contribution in [2.45, 2.75) is 37.8 Å². The molecular formula is C21H26N4OS. The van der Waals surface area contributed by atoms with Gasteiger partial charge >= 0.3 is 0 Å². The van der Waals surface area contributed by atoms with Gasteiger partial charge in [0.1, 0.15) is 5.01 Å². The first-order chi connectivity index (χ1) is 13.2. The Balaban J connectivity index is 1.76. The summed E-state index contributed by atoms with van der Waals surface area (Å²) in [4.78, 5) is 17.3. The number of rotatable bonds is 9. The highest BCUT2D eigenvalue weighted by molar-refractivity contribution is 7.18. The van der Waals surface area contributed by atoms with Gasteiger partial charge in [0.05, 0.1) is 22.3 Å². The van der Waals surface area contributed by atoms with Crippen LogP contribution < -0.4 is 16.8 Å². The van der Waals surface area contributed by atoms with Crippen LogP contribution >= 0.6 is 11.3 Å². The summed E-state index contributed by atoms with van der Waals surface area (Å²) in [6, 6.07) is 17.6. The largest absolute Gasteiger partial charge is 0.346 e. The molecule has 3 rings (SSSR count). The number of para-hydroxylation sites is 1. The van der Waals surface area contributed by atoms with E-state index in [1.54, 1.807) is 11.3 Å². The number of benzene rings is 2. The second-order valence-electron chi connectivity index (χ2n) is 6.64. The minimum absolute atomic E-state index is 0.138. The molecule has 1 amide bonds. The Kier molecular flexibility index (Phi) is 6.92. The fraction of sp³-hybridized carbons (Fsp3) is 0.333. The van der Waals surface area contributed by atoms with Crippen LogP contribution in [0.2, 0.25) is 0 Å². The Morgan fingerprint density at radius 3 is 2.56 bits per heavy atom. The Morgan fingerprint density at radius 1 is 1.07 bits per heavy atom. The number of nitrogens with one attached hydrogen (secondary N) is 1. The molecule has 0 radical (unpaired) electrons. The van der Waals surface area contributed by atoms with Gasteiger partial charge in [-0.1, -0.05) is 42.5 Å². The van der Waals surface area contributed by atoms with Crippen molar-refractivity contribution in [1.82, 2.24) is 10.3 Å². The predicted molar refractivity (Wildman–Crippen MR) is 112 cm³/mol. The van der Waals surface area contributed by atoms with E-state index in [0.29, 0.717) is 13.0 Å². The molecule has 0 aliphatic carbocycles. The van der Waals surface area contributed by atoms with Crippen LogP contribution in [0.3, 0.4) is 0 Å². The van der Waals surface area contributed by atoms with Crippen molar-refractivity contribution in [1.29, 1.82) is 0 Å². The van der Waals surface area contributed by atoms with Crippen LogP contribution in [-0.4, -0.2) is 23.5 Å². The number of hydrogen-bond acceptors (Lipinski definition) is 5. The maximum Gasteiger partial charge on any atom is 0.237 e. The molecule has 0 fully saturated rings. The topological polar surface area (TPSA) is 94.0 Å². The van der Waals surface area contributed by atoms with E-state index in [1.807, 2.05) is 36.4 Å². The average molecular weight is 383 g/mol. The first-order valence-corrected chi connectivity index (χ1v) is 10.1. The standard InChI is InChI=1S/C21H26N4OS/c22-14-6-9-16(23)20(26)24-18(13-12-15-7-2-1-3-8-15)21-25-17-10-4-5-11-19(17)27-21/h1-5,7-8,10-11,16,18H,6,9,12-14,22-23H2,(H,24,26)/t16-,18-/m1/s1. The Bertz CT molecular complexity index is 832.